The van der Waals surface area contributed by atoms with Gasteiger partial charge in [0.2, 0.25) is 17.7 Å². The zero-order valence-electron chi connectivity index (χ0n) is 21.8. The predicted molar refractivity (Wildman–Crippen MR) is 137 cm³/mol. The van der Waals surface area contributed by atoms with Crippen LogP contribution in [0.5, 0.6) is 5.75 Å². The van der Waals surface area contributed by atoms with E-state index in [1.807, 2.05) is 24.3 Å². The number of carbonyl (C=O) groups excluding carboxylic acids is 4. The molecule has 4 aliphatic rings. The number of ether oxygens (including phenoxy) is 2. The molecule has 3 N–H and O–H groups in total. The molecule has 3 saturated heterocycles. The second kappa shape index (κ2) is 11.6. The SMILES string of the molecule is CC(=O)N[C@H]1CN(C(=O)NC2CCOCC2)CC[C@H]2CC[C@@H](C(=O)N[C@@H]3CCOc4ccccc43)N2C1=O. The molecular formula is C27H37N5O6. The lowest BCUT2D eigenvalue weighted by Gasteiger charge is -2.39. The van der Waals surface area contributed by atoms with Gasteiger partial charge in [-0.3, -0.25) is 14.4 Å². The number of carbonyl (C=O) groups is 4. The predicted octanol–water partition coefficient (Wildman–Crippen LogP) is 1.09. The lowest BCUT2D eigenvalue weighted by Crippen LogP contribution is -2.62. The average molecular weight is 528 g/mol. The number of benzene rings is 1. The van der Waals surface area contributed by atoms with Crippen LogP contribution in [-0.4, -0.2) is 90.6 Å². The lowest BCUT2D eigenvalue weighted by atomic mass is 10.00. The van der Waals surface area contributed by atoms with Crippen LogP contribution < -0.4 is 20.7 Å². The van der Waals surface area contributed by atoms with E-state index in [0.717, 1.165) is 24.2 Å². The van der Waals surface area contributed by atoms with Gasteiger partial charge in [-0.15, -0.1) is 0 Å². The Hall–Kier alpha value is -3.34. The highest BCUT2D eigenvalue weighted by Crippen LogP contribution is 2.34. The van der Waals surface area contributed by atoms with Gasteiger partial charge in [-0.25, -0.2) is 4.79 Å². The monoisotopic (exact) mass is 527 g/mol. The van der Waals surface area contributed by atoms with Crippen molar-refractivity contribution in [3.63, 3.8) is 0 Å². The molecule has 3 fully saturated rings. The molecule has 1 aromatic carbocycles. The summed E-state index contributed by atoms with van der Waals surface area (Å²) in [5, 5.41) is 8.94. The number of nitrogens with zero attached hydrogens (tertiary/aromatic N) is 2. The first-order chi connectivity index (χ1) is 18.4. The van der Waals surface area contributed by atoms with Crippen molar-refractivity contribution in [2.45, 2.75) is 75.7 Å². The topological polar surface area (TPSA) is 129 Å². The molecule has 0 saturated carbocycles. The van der Waals surface area contributed by atoms with Crippen molar-refractivity contribution in [2.24, 2.45) is 0 Å². The van der Waals surface area contributed by atoms with Crippen LogP contribution in [-0.2, 0) is 19.1 Å². The van der Waals surface area contributed by atoms with E-state index < -0.39 is 12.1 Å². The summed E-state index contributed by atoms with van der Waals surface area (Å²) >= 11 is 0. The van der Waals surface area contributed by atoms with Gasteiger partial charge >= 0.3 is 6.03 Å². The van der Waals surface area contributed by atoms with Crippen LogP contribution in [0, 0.1) is 0 Å². The first-order valence-corrected chi connectivity index (χ1v) is 13.6. The molecule has 4 heterocycles. The molecule has 0 bridgehead atoms. The van der Waals surface area contributed by atoms with Gasteiger partial charge in [-0.2, -0.15) is 0 Å². The normalized spacial score (nSPS) is 27.8. The van der Waals surface area contributed by atoms with E-state index in [-0.39, 0.29) is 48.4 Å². The first kappa shape index (κ1) is 26.3. The largest absolute Gasteiger partial charge is 0.493 e. The third-order valence-corrected chi connectivity index (χ3v) is 7.98. The second-order valence-corrected chi connectivity index (χ2v) is 10.6. The summed E-state index contributed by atoms with van der Waals surface area (Å²) < 4.78 is 11.1. The Balaban J connectivity index is 1.29. The molecule has 5 rings (SSSR count). The Morgan fingerprint density at radius 2 is 1.68 bits per heavy atom. The van der Waals surface area contributed by atoms with Crippen LogP contribution >= 0.6 is 0 Å². The molecule has 4 atom stereocenters. The van der Waals surface area contributed by atoms with Gasteiger partial charge in [0.25, 0.3) is 0 Å². The van der Waals surface area contributed by atoms with Crippen LogP contribution in [0.1, 0.15) is 57.1 Å². The molecule has 11 nitrogen and oxygen atoms in total. The summed E-state index contributed by atoms with van der Waals surface area (Å²) in [6.07, 6.45) is 3.92. The molecule has 0 aliphatic carbocycles. The van der Waals surface area contributed by atoms with Crippen LogP contribution in [0.3, 0.4) is 0 Å². The van der Waals surface area contributed by atoms with Crippen molar-refractivity contribution in [1.82, 2.24) is 25.8 Å². The van der Waals surface area contributed by atoms with E-state index in [2.05, 4.69) is 16.0 Å². The number of amides is 5. The van der Waals surface area contributed by atoms with Crippen molar-refractivity contribution in [2.75, 3.05) is 32.9 Å². The van der Waals surface area contributed by atoms with Crippen molar-refractivity contribution in [3.8, 4) is 5.75 Å². The van der Waals surface area contributed by atoms with E-state index in [1.54, 1.807) is 9.80 Å². The maximum absolute atomic E-state index is 13.8. The van der Waals surface area contributed by atoms with Gasteiger partial charge in [0.1, 0.15) is 17.8 Å². The summed E-state index contributed by atoms with van der Waals surface area (Å²) in [5.41, 5.74) is 0.933. The first-order valence-electron chi connectivity index (χ1n) is 13.6. The van der Waals surface area contributed by atoms with Crippen molar-refractivity contribution in [1.29, 1.82) is 0 Å². The highest BCUT2D eigenvalue weighted by atomic mass is 16.5. The van der Waals surface area contributed by atoms with E-state index in [1.165, 1.54) is 6.92 Å². The molecule has 0 aromatic heterocycles. The molecule has 38 heavy (non-hydrogen) atoms. The van der Waals surface area contributed by atoms with Crippen molar-refractivity contribution in [3.05, 3.63) is 29.8 Å². The number of fused-ring (bicyclic) bond motifs is 2. The van der Waals surface area contributed by atoms with Crippen molar-refractivity contribution < 1.29 is 28.7 Å². The summed E-state index contributed by atoms with van der Waals surface area (Å²) in [6, 6.07) is 5.53. The van der Waals surface area contributed by atoms with Crippen molar-refractivity contribution >= 4 is 23.8 Å². The standard InChI is InChI=1S/C27H37N5O6/c1-17(33)28-22-16-31(27(36)29-18-9-13-37-14-10-18)12-8-19-6-7-23(32(19)26(22)35)25(34)30-21-11-15-38-24-5-3-2-4-20(21)24/h2-5,18-19,21-23H,6-16H2,1H3,(H,28,33)(H,29,36)(H,30,34)/t19-,21-,22+,23+/m1/s1. The minimum atomic E-state index is -0.923. The fourth-order valence-corrected chi connectivity index (χ4v) is 6.04. The van der Waals surface area contributed by atoms with Crippen LogP contribution in [0.15, 0.2) is 24.3 Å². The average Bonchev–Trinajstić information content (AvgIpc) is 3.33. The lowest BCUT2D eigenvalue weighted by molar-refractivity contribution is -0.144. The van der Waals surface area contributed by atoms with E-state index in [9.17, 15) is 19.2 Å². The molecule has 0 radical (unpaired) electrons. The summed E-state index contributed by atoms with van der Waals surface area (Å²) in [4.78, 5) is 55.8. The minimum absolute atomic E-state index is 0.0305. The summed E-state index contributed by atoms with van der Waals surface area (Å²) in [5.74, 6) is -0.109. The molecule has 1 aromatic rings. The summed E-state index contributed by atoms with van der Waals surface area (Å²) in [7, 11) is 0. The molecule has 4 aliphatic heterocycles. The third-order valence-electron chi connectivity index (χ3n) is 7.98. The highest BCUT2D eigenvalue weighted by Gasteiger charge is 2.45. The highest BCUT2D eigenvalue weighted by molar-refractivity contribution is 5.93. The van der Waals surface area contributed by atoms with Crippen LogP contribution in [0.4, 0.5) is 4.79 Å². The van der Waals surface area contributed by atoms with E-state index in [0.29, 0.717) is 52.0 Å². The minimum Gasteiger partial charge on any atom is -0.493 e. The Morgan fingerprint density at radius 3 is 2.47 bits per heavy atom. The quantitative estimate of drug-likeness (QED) is 0.538. The molecule has 0 unspecified atom stereocenters. The molecular weight excluding hydrogens is 490 g/mol. The molecule has 206 valence electrons. The Bertz CT molecular complexity index is 1060. The van der Waals surface area contributed by atoms with Gasteiger partial charge in [-0.1, -0.05) is 18.2 Å². The molecule has 0 spiro atoms. The van der Waals surface area contributed by atoms with E-state index >= 15 is 0 Å². The number of para-hydroxylation sites is 1. The smallest absolute Gasteiger partial charge is 0.317 e. The maximum atomic E-state index is 13.8. The Kier molecular flexibility index (Phi) is 8.01. The zero-order valence-corrected chi connectivity index (χ0v) is 21.8. The molecule has 5 amide bonds. The van der Waals surface area contributed by atoms with Gasteiger partial charge in [0.05, 0.1) is 19.2 Å². The fraction of sp³-hybridized carbons (Fsp3) is 0.630. The Morgan fingerprint density at radius 1 is 0.895 bits per heavy atom. The van der Waals surface area contributed by atoms with E-state index in [4.69, 9.17) is 9.47 Å². The van der Waals surface area contributed by atoms with Gasteiger partial charge in [-0.05, 0) is 38.2 Å². The molecule has 11 heteroatoms. The number of hydrogen-bond donors (Lipinski definition) is 3. The second-order valence-electron chi connectivity index (χ2n) is 10.6. The third kappa shape index (κ3) is 5.72. The van der Waals surface area contributed by atoms with Gasteiger partial charge in [0.15, 0.2) is 0 Å². The number of urea groups is 1. The fourth-order valence-electron chi connectivity index (χ4n) is 6.04. The number of rotatable bonds is 4. The number of nitrogens with one attached hydrogen (secondary N) is 3. The van der Waals surface area contributed by atoms with Gasteiger partial charge < -0.3 is 35.2 Å². The number of hydrogen-bond acceptors (Lipinski definition) is 6. The van der Waals surface area contributed by atoms with Crippen LogP contribution in [0.2, 0.25) is 0 Å². The zero-order chi connectivity index (χ0) is 26.6. The Labute approximate surface area is 222 Å². The summed E-state index contributed by atoms with van der Waals surface area (Å²) in [6.45, 7) is 3.57. The maximum Gasteiger partial charge on any atom is 0.317 e. The van der Waals surface area contributed by atoms with Crippen LogP contribution in [0.25, 0.3) is 0 Å². The van der Waals surface area contributed by atoms with Gasteiger partial charge in [0, 0.05) is 50.8 Å².